The topological polar surface area (TPSA) is 99.4 Å². The number of nitrogen functional groups attached to an aromatic ring is 1. The molecule has 1 heterocycles. The Morgan fingerprint density at radius 2 is 1.71 bits per heavy atom. The van der Waals surface area contributed by atoms with Crippen molar-refractivity contribution in [2.45, 2.75) is 6.61 Å². The summed E-state index contributed by atoms with van der Waals surface area (Å²) in [6, 6.07) is 17.7. The van der Waals surface area contributed by atoms with Crippen molar-refractivity contribution in [2.24, 2.45) is 0 Å². The highest BCUT2D eigenvalue weighted by Gasteiger charge is 2.23. The van der Waals surface area contributed by atoms with Gasteiger partial charge in [0.15, 0.2) is 0 Å². The van der Waals surface area contributed by atoms with E-state index in [0.717, 1.165) is 30.1 Å². The molecule has 0 aliphatic heterocycles. The predicted molar refractivity (Wildman–Crippen MR) is 128 cm³/mol. The number of nitrogens with two attached hydrogens (primary N) is 1. The highest BCUT2D eigenvalue weighted by Crippen LogP contribution is 2.39. The van der Waals surface area contributed by atoms with Crippen LogP contribution < -0.4 is 20.5 Å². The van der Waals surface area contributed by atoms with Crippen molar-refractivity contribution in [2.75, 3.05) is 11.1 Å². The minimum Gasteiger partial charge on any atom is -0.489 e. The van der Waals surface area contributed by atoms with Crippen LogP contribution in [0.3, 0.4) is 0 Å². The van der Waals surface area contributed by atoms with Gasteiger partial charge in [0.2, 0.25) is 11.8 Å². The molecule has 9 heteroatoms. The Morgan fingerprint density at radius 1 is 0.971 bits per heavy atom. The number of carbonyl (C=O) groups excluding carboxylic acids is 1. The first kappa shape index (κ1) is 23.4. The molecule has 0 spiro atoms. The molecule has 0 fully saturated rings. The van der Waals surface area contributed by atoms with Crippen LogP contribution in [0.2, 0.25) is 0 Å². The molecule has 1 amide bonds. The van der Waals surface area contributed by atoms with Gasteiger partial charge in [-0.3, -0.25) is 4.79 Å². The van der Waals surface area contributed by atoms with Gasteiger partial charge in [-0.15, -0.1) is 0 Å². The van der Waals surface area contributed by atoms with Crippen molar-refractivity contribution in [3.8, 4) is 28.5 Å². The summed E-state index contributed by atoms with van der Waals surface area (Å²) < 4.78 is 41.6. The van der Waals surface area contributed by atoms with Crippen LogP contribution in [-0.4, -0.2) is 15.9 Å². The number of rotatable bonds is 8. The van der Waals surface area contributed by atoms with Gasteiger partial charge in [0.05, 0.1) is 11.1 Å². The molecule has 1 aromatic heterocycles. The number of hydrogen-bond acceptors (Lipinski definition) is 6. The number of nitrogens with one attached hydrogen (secondary N) is 1. The molecule has 176 valence electrons. The average Bonchev–Trinajstić information content (AvgIpc) is 2.85. The number of carbonyl (C=O) groups is 1. The van der Waals surface area contributed by atoms with Crippen LogP contribution in [0.5, 0.6) is 17.4 Å². The summed E-state index contributed by atoms with van der Waals surface area (Å²) in [5.74, 6) is -2.35. The Balaban J connectivity index is 1.64. The van der Waals surface area contributed by atoms with Crippen LogP contribution in [0.4, 0.5) is 20.3 Å². The first-order valence-corrected chi connectivity index (χ1v) is 10.4. The smallest absolute Gasteiger partial charge is 0.247 e. The molecule has 0 radical (unpaired) electrons. The molecule has 4 rings (SSSR count). The average molecular weight is 474 g/mol. The maximum absolute atomic E-state index is 15.1. The first-order chi connectivity index (χ1) is 16.9. The van der Waals surface area contributed by atoms with E-state index in [0.29, 0.717) is 5.69 Å². The predicted octanol–water partition coefficient (Wildman–Crippen LogP) is 5.50. The number of ether oxygens (including phenoxy) is 2. The summed E-state index contributed by atoms with van der Waals surface area (Å²) in [6.07, 6.45) is 2.24. The second-order valence-corrected chi connectivity index (χ2v) is 7.30. The van der Waals surface area contributed by atoms with E-state index in [1.54, 1.807) is 18.2 Å². The third-order valence-corrected chi connectivity index (χ3v) is 4.86. The molecule has 3 aromatic carbocycles. The van der Waals surface area contributed by atoms with Gasteiger partial charge < -0.3 is 20.5 Å². The van der Waals surface area contributed by atoms with E-state index in [9.17, 15) is 4.79 Å². The molecule has 4 aromatic rings. The second kappa shape index (κ2) is 10.4. The number of halogens is 2. The zero-order valence-electron chi connectivity index (χ0n) is 18.4. The molecule has 0 aliphatic carbocycles. The largest absolute Gasteiger partial charge is 0.489 e. The van der Waals surface area contributed by atoms with Gasteiger partial charge in [-0.25, -0.2) is 18.7 Å². The van der Waals surface area contributed by atoms with Crippen molar-refractivity contribution in [3.63, 3.8) is 0 Å². The number of hydrogen-bond donors (Lipinski definition) is 2. The molecule has 0 bridgehead atoms. The highest BCUT2D eigenvalue weighted by atomic mass is 19.1. The minimum absolute atomic E-state index is 0.0103. The Hall–Kier alpha value is -4.79. The van der Waals surface area contributed by atoms with E-state index >= 15 is 8.78 Å². The maximum Gasteiger partial charge on any atom is 0.247 e. The summed E-state index contributed by atoms with van der Waals surface area (Å²) in [6.45, 7) is 3.54. The fourth-order valence-electron chi connectivity index (χ4n) is 3.25. The van der Waals surface area contributed by atoms with Crippen LogP contribution in [0.15, 0.2) is 85.7 Å². The van der Waals surface area contributed by atoms with Gasteiger partial charge in [-0.2, -0.15) is 0 Å². The van der Waals surface area contributed by atoms with E-state index < -0.39 is 23.1 Å². The molecular weight excluding hydrogens is 454 g/mol. The van der Waals surface area contributed by atoms with Crippen LogP contribution >= 0.6 is 0 Å². The molecule has 3 N–H and O–H groups in total. The lowest BCUT2D eigenvalue weighted by Crippen LogP contribution is -2.07. The van der Waals surface area contributed by atoms with Gasteiger partial charge in [0, 0.05) is 23.9 Å². The highest BCUT2D eigenvalue weighted by molar-refractivity contribution is 5.99. The first-order valence-electron chi connectivity index (χ1n) is 10.4. The van der Waals surface area contributed by atoms with Crippen molar-refractivity contribution >= 4 is 17.4 Å². The number of aromatic nitrogens is 2. The number of nitrogens with zero attached hydrogens (tertiary/aromatic N) is 2. The summed E-state index contributed by atoms with van der Waals surface area (Å²) >= 11 is 0. The lowest BCUT2D eigenvalue weighted by Gasteiger charge is -2.15. The number of amides is 1. The Morgan fingerprint density at radius 3 is 2.43 bits per heavy atom. The van der Waals surface area contributed by atoms with E-state index in [2.05, 4.69) is 21.9 Å². The van der Waals surface area contributed by atoms with Crippen LogP contribution in [-0.2, 0) is 11.4 Å². The summed E-state index contributed by atoms with van der Waals surface area (Å²) in [5, 5.41) is 2.60. The summed E-state index contributed by atoms with van der Waals surface area (Å²) in [5.41, 5.74) is 6.63. The summed E-state index contributed by atoms with van der Waals surface area (Å²) in [4.78, 5) is 19.4. The zero-order valence-corrected chi connectivity index (χ0v) is 18.4. The molecule has 7 nitrogen and oxygen atoms in total. The van der Waals surface area contributed by atoms with Crippen molar-refractivity contribution in [3.05, 3.63) is 103 Å². The molecule has 0 saturated heterocycles. The quantitative estimate of drug-likeness (QED) is 0.327. The van der Waals surface area contributed by atoms with E-state index in [4.69, 9.17) is 15.2 Å². The lowest BCUT2D eigenvalue weighted by molar-refractivity contribution is -0.111. The second-order valence-electron chi connectivity index (χ2n) is 7.30. The summed E-state index contributed by atoms with van der Waals surface area (Å²) in [7, 11) is 0. The Bertz CT molecular complexity index is 1360. The standard InChI is InChI=1S/C26H20F2N4O3/c1-2-22(33)32-17-9-6-10-18(11-17)35-26-24(25(29)30-15-31-26)23-20(27)12-19(13-21(23)28)34-14-16-7-4-3-5-8-16/h2-13,15H,1,14H2,(H,32,33)(H2,29,30,31). The van der Waals surface area contributed by atoms with Gasteiger partial charge in [-0.1, -0.05) is 43.0 Å². The van der Waals surface area contributed by atoms with E-state index in [1.165, 1.54) is 6.07 Å². The van der Waals surface area contributed by atoms with Crippen LogP contribution in [0, 0.1) is 11.6 Å². The SMILES string of the molecule is C=CC(=O)Nc1cccc(Oc2ncnc(N)c2-c2c(F)cc(OCc3ccccc3)cc2F)c1. The van der Waals surface area contributed by atoms with Crippen molar-refractivity contribution in [1.29, 1.82) is 0 Å². The molecule has 0 unspecified atom stereocenters. The molecule has 0 saturated carbocycles. The van der Waals surface area contributed by atoms with E-state index in [1.807, 2.05) is 30.3 Å². The fourth-order valence-corrected chi connectivity index (χ4v) is 3.25. The van der Waals surface area contributed by atoms with Crippen LogP contribution in [0.1, 0.15) is 5.56 Å². The van der Waals surface area contributed by atoms with Crippen molar-refractivity contribution in [1.82, 2.24) is 9.97 Å². The maximum atomic E-state index is 15.1. The Kier molecular flexibility index (Phi) is 6.96. The van der Waals surface area contributed by atoms with Crippen LogP contribution in [0.25, 0.3) is 11.1 Å². The van der Waals surface area contributed by atoms with Gasteiger partial charge in [-0.05, 0) is 23.8 Å². The minimum atomic E-state index is -0.925. The third kappa shape index (κ3) is 5.59. The number of benzene rings is 3. The lowest BCUT2D eigenvalue weighted by atomic mass is 10.1. The van der Waals surface area contributed by atoms with E-state index in [-0.39, 0.29) is 35.4 Å². The number of anilines is 2. The normalized spacial score (nSPS) is 10.5. The fraction of sp³-hybridized carbons (Fsp3) is 0.0385. The monoisotopic (exact) mass is 474 g/mol. The molecule has 35 heavy (non-hydrogen) atoms. The van der Waals surface area contributed by atoms with Crippen molar-refractivity contribution < 1.29 is 23.0 Å². The molecular formula is C26H20F2N4O3. The molecule has 0 atom stereocenters. The molecule has 0 aliphatic rings. The third-order valence-electron chi connectivity index (χ3n) is 4.86. The van der Waals surface area contributed by atoms with Gasteiger partial charge in [0.25, 0.3) is 0 Å². The van der Waals surface area contributed by atoms with Gasteiger partial charge >= 0.3 is 0 Å². The van der Waals surface area contributed by atoms with Gasteiger partial charge in [0.1, 0.15) is 41.9 Å². The zero-order chi connectivity index (χ0) is 24.8. The Labute approximate surface area is 199 Å².